The number of hydrazone groups is 1. The van der Waals surface area contributed by atoms with Gasteiger partial charge in [0.25, 0.3) is 5.91 Å². The molecule has 1 amide bonds. The van der Waals surface area contributed by atoms with E-state index in [4.69, 9.17) is 4.74 Å². The molecule has 0 atom stereocenters. The minimum absolute atomic E-state index is 0.0878. The van der Waals surface area contributed by atoms with Crippen molar-refractivity contribution in [2.75, 3.05) is 12.1 Å². The quantitative estimate of drug-likeness (QED) is 0.484. The zero-order valence-corrected chi connectivity index (χ0v) is 17.2. The first-order valence-electron chi connectivity index (χ1n) is 7.34. The fourth-order valence-corrected chi connectivity index (χ4v) is 3.33. The lowest BCUT2D eigenvalue weighted by Gasteiger charge is -2.11. The van der Waals surface area contributed by atoms with E-state index in [0.29, 0.717) is 26.3 Å². The van der Waals surface area contributed by atoms with Gasteiger partial charge in [0, 0.05) is 4.47 Å². The summed E-state index contributed by atoms with van der Waals surface area (Å²) in [5.41, 5.74) is 2.60. The summed E-state index contributed by atoms with van der Waals surface area (Å²) in [6, 6.07) is 10.9. The Morgan fingerprint density at radius 2 is 1.96 bits per heavy atom. The normalized spacial score (nSPS) is 15.7. The van der Waals surface area contributed by atoms with E-state index >= 15 is 0 Å². The van der Waals surface area contributed by atoms with E-state index in [-0.39, 0.29) is 11.7 Å². The lowest BCUT2D eigenvalue weighted by molar-refractivity contribution is -0.114. The number of aromatic hydroxyl groups is 1. The summed E-state index contributed by atoms with van der Waals surface area (Å²) >= 11 is 5.40. The number of methoxy groups -OCH3 is 1. The van der Waals surface area contributed by atoms with Crippen LogP contribution in [0.15, 0.2) is 51.5 Å². The molecule has 5 nitrogen and oxygen atoms in total. The molecule has 2 aromatic carbocycles. The van der Waals surface area contributed by atoms with Crippen LogP contribution in [0.25, 0.3) is 6.08 Å². The largest absolute Gasteiger partial charge is 0.504 e. The van der Waals surface area contributed by atoms with Crippen molar-refractivity contribution in [3.05, 3.63) is 55.6 Å². The van der Waals surface area contributed by atoms with Crippen molar-refractivity contribution in [3.63, 3.8) is 0 Å². The van der Waals surface area contributed by atoms with Crippen LogP contribution < -0.4 is 9.75 Å². The van der Waals surface area contributed by atoms with Gasteiger partial charge in [0.05, 0.1) is 27.7 Å². The average Bonchev–Trinajstić information content (AvgIpc) is 2.86. The van der Waals surface area contributed by atoms with Gasteiger partial charge in [-0.15, -0.1) is 0 Å². The molecule has 3 rings (SSSR count). The minimum atomic E-state index is -0.193. The highest BCUT2D eigenvalue weighted by Crippen LogP contribution is 2.34. The highest BCUT2D eigenvalue weighted by Gasteiger charge is 2.28. The first kappa shape index (κ1) is 17.9. The van der Waals surface area contributed by atoms with E-state index in [1.807, 2.05) is 46.9 Å². The van der Waals surface area contributed by atoms with Crippen molar-refractivity contribution in [2.24, 2.45) is 5.10 Å². The second-order valence-corrected chi connectivity index (χ2v) is 7.47. The number of anilines is 1. The predicted molar refractivity (Wildman–Crippen MR) is 110 cm³/mol. The number of rotatable bonds is 3. The summed E-state index contributed by atoms with van der Waals surface area (Å²) in [6.07, 6.45) is 1.75. The second-order valence-electron chi connectivity index (χ2n) is 5.39. The van der Waals surface area contributed by atoms with Gasteiger partial charge < -0.3 is 9.84 Å². The van der Waals surface area contributed by atoms with Crippen molar-refractivity contribution in [3.8, 4) is 11.5 Å². The Morgan fingerprint density at radius 3 is 2.60 bits per heavy atom. The standard InChI is InChI=1S/C18H14BrIN2O3/c1-10-14(7-11-8-15(20)17(23)16(9-11)25-2)18(24)22(21-10)13-5-3-12(19)4-6-13/h3-9,23H,1-2H3/b14-7+. The molecule has 1 aliphatic heterocycles. The van der Waals surface area contributed by atoms with E-state index in [2.05, 4.69) is 21.0 Å². The van der Waals surface area contributed by atoms with Crippen LogP contribution >= 0.6 is 38.5 Å². The minimum Gasteiger partial charge on any atom is -0.504 e. The maximum atomic E-state index is 12.8. The van der Waals surface area contributed by atoms with Crippen LogP contribution in [-0.4, -0.2) is 23.8 Å². The molecule has 25 heavy (non-hydrogen) atoms. The lowest BCUT2D eigenvalue weighted by Crippen LogP contribution is -2.21. The van der Waals surface area contributed by atoms with Gasteiger partial charge in [0.15, 0.2) is 11.5 Å². The van der Waals surface area contributed by atoms with Gasteiger partial charge in [-0.25, -0.2) is 0 Å². The molecule has 0 aromatic heterocycles. The number of carbonyl (C=O) groups is 1. The number of nitrogens with zero attached hydrogens (tertiary/aromatic N) is 2. The third-order valence-electron chi connectivity index (χ3n) is 3.72. The lowest BCUT2D eigenvalue weighted by atomic mass is 10.1. The molecule has 0 bridgehead atoms. The number of halogens is 2. The highest BCUT2D eigenvalue weighted by atomic mass is 127. The van der Waals surface area contributed by atoms with Gasteiger partial charge in [-0.05, 0) is 77.6 Å². The molecule has 0 saturated heterocycles. The molecule has 1 heterocycles. The summed E-state index contributed by atoms with van der Waals surface area (Å²) in [5.74, 6) is 0.260. The molecule has 0 spiro atoms. The summed E-state index contributed by atoms with van der Waals surface area (Å²) in [4.78, 5) is 12.8. The number of hydrogen-bond donors (Lipinski definition) is 1. The van der Waals surface area contributed by atoms with Crippen LogP contribution in [0, 0.1) is 3.57 Å². The molecule has 128 valence electrons. The van der Waals surface area contributed by atoms with Gasteiger partial charge in [0.1, 0.15) is 0 Å². The summed E-state index contributed by atoms with van der Waals surface area (Å²) < 4.78 is 6.75. The Hall–Kier alpha value is -1.87. The van der Waals surface area contributed by atoms with Crippen LogP contribution in [0.1, 0.15) is 12.5 Å². The third-order valence-corrected chi connectivity index (χ3v) is 5.07. The number of amides is 1. The van der Waals surface area contributed by atoms with E-state index in [9.17, 15) is 9.90 Å². The first-order valence-corrected chi connectivity index (χ1v) is 9.21. The molecule has 0 aliphatic carbocycles. The Bertz CT molecular complexity index is 907. The second kappa shape index (κ2) is 7.17. The monoisotopic (exact) mass is 512 g/mol. The first-order chi connectivity index (χ1) is 11.9. The predicted octanol–water partition coefficient (Wildman–Crippen LogP) is 4.57. The average molecular weight is 513 g/mol. The SMILES string of the molecule is COc1cc(/C=C2/C(=O)N(c3ccc(Br)cc3)N=C2C)cc(I)c1O. The third kappa shape index (κ3) is 3.57. The molecule has 0 unspecified atom stereocenters. The van der Waals surface area contributed by atoms with Crippen LogP contribution in [-0.2, 0) is 4.79 Å². The molecule has 1 N–H and O–H groups in total. The van der Waals surface area contributed by atoms with Crippen LogP contribution in [0.4, 0.5) is 5.69 Å². The molecule has 7 heteroatoms. The smallest absolute Gasteiger partial charge is 0.280 e. The molecular weight excluding hydrogens is 499 g/mol. The number of hydrogen-bond acceptors (Lipinski definition) is 4. The number of benzene rings is 2. The molecule has 0 fully saturated rings. The van der Waals surface area contributed by atoms with Crippen molar-refractivity contribution >= 4 is 61.9 Å². The van der Waals surface area contributed by atoms with E-state index in [1.165, 1.54) is 12.1 Å². The number of phenols is 1. The zero-order chi connectivity index (χ0) is 18.1. The van der Waals surface area contributed by atoms with Crippen molar-refractivity contribution in [1.29, 1.82) is 0 Å². The van der Waals surface area contributed by atoms with Gasteiger partial charge in [0.2, 0.25) is 0 Å². The van der Waals surface area contributed by atoms with E-state index in [0.717, 1.165) is 10.0 Å². The maximum Gasteiger partial charge on any atom is 0.280 e. The van der Waals surface area contributed by atoms with Crippen LogP contribution in [0.2, 0.25) is 0 Å². The van der Waals surface area contributed by atoms with E-state index in [1.54, 1.807) is 25.1 Å². The number of ether oxygens (including phenoxy) is 1. The summed E-state index contributed by atoms with van der Waals surface area (Å²) in [5, 5.41) is 15.7. The Morgan fingerprint density at radius 1 is 1.28 bits per heavy atom. The number of phenolic OH excluding ortho intramolecular Hbond substituents is 1. The van der Waals surface area contributed by atoms with Gasteiger partial charge in [-0.2, -0.15) is 10.1 Å². The molecule has 2 aromatic rings. The zero-order valence-electron chi connectivity index (χ0n) is 13.5. The Kier molecular flexibility index (Phi) is 5.14. The maximum absolute atomic E-state index is 12.8. The fraction of sp³-hybridized carbons (Fsp3) is 0.111. The van der Waals surface area contributed by atoms with Gasteiger partial charge in [-0.3, -0.25) is 4.79 Å². The Balaban J connectivity index is 1.97. The van der Waals surface area contributed by atoms with Crippen LogP contribution in [0.5, 0.6) is 11.5 Å². The Labute approximate surface area is 167 Å². The van der Waals surface area contributed by atoms with Crippen molar-refractivity contribution in [1.82, 2.24) is 0 Å². The van der Waals surface area contributed by atoms with Gasteiger partial charge >= 0.3 is 0 Å². The van der Waals surface area contributed by atoms with Crippen LogP contribution in [0.3, 0.4) is 0 Å². The summed E-state index contributed by atoms with van der Waals surface area (Å²) in [6.45, 7) is 1.80. The molecule has 0 saturated carbocycles. The topological polar surface area (TPSA) is 62.1 Å². The van der Waals surface area contributed by atoms with Crippen molar-refractivity contribution in [2.45, 2.75) is 6.92 Å². The highest BCUT2D eigenvalue weighted by molar-refractivity contribution is 14.1. The van der Waals surface area contributed by atoms with E-state index < -0.39 is 0 Å². The fourth-order valence-electron chi connectivity index (χ4n) is 2.44. The number of carbonyl (C=O) groups excluding carboxylic acids is 1. The molecule has 0 radical (unpaired) electrons. The molecule has 1 aliphatic rings. The van der Waals surface area contributed by atoms with Gasteiger partial charge in [-0.1, -0.05) is 15.9 Å². The van der Waals surface area contributed by atoms with Crippen molar-refractivity contribution < 1.29 is 14.6 Å². The summed E-state index contributed by atoms with van der Waals surface area (Å²) in [7, 11) is 1.49. The molecular formula is C18H14BrIN2O3.